The molecule has 0 nitrogen and oxygen atoms in total. The second-order valence-corrected chi connectivity index (χ2v) is 32.9. The van der Waals surface area contributed by atoms with Gasteiger partial charge >= 0.3 is 325 Å². The van der Waals surface area contributed by atoms with Crippen LogP contribution in [0.5, 0.6) is 0 Å². The quantitative estimate of drug-likeness (QED) is 0.169. The Kier molecular flexibility index (Phi) is 10.1. The van der Waals surface area contributed by atoms with Gasteiger partial charge in [-0.15, -0.1) is 24.8 Å². The molecule has 0 saturated heterocycles. The SMILES string of the molecule is Cl.Cl.[CH2]=[Zr]([C]1=CC(C)=CC1C)([C]1=C(C(C)(C)C)c2cc3c(cc2C1(C)C)Cc1cc2c(cc1-3)C(C(C)(C)C)=CC2(C)C)([c]1cccc(F)c1)[c]1cccc(F)c1. The fourth-order valence-electron chi connectivity index (χ4n) is 11.4. The average molecular weight is 871 g/mol. The molecule has 0 fully saturated rings. The normalized spacial score (nSPS) is 19.3. The summed E-state index contributed by atoms with van der Waals surface area (Å²) in [6, 6.07) is 24.3. The van der Waals surface area contributed by atoms with E-state index in [0.717, 1.165) is 13.0 Å². The van der Waals surface area contributed by atoms with Crippen LogP contribution in [-0.4, -0.2) is 4.21 Å². The maximum atomic E-state index is 15.8. The number of hydrogen-bond donors (Lipinski definition) is 0. The molecule has 0 amide bonds. The van der Waals surface area contributed by atoms with E-state index in [1.54, 1.807) is 12.1 Å². The van der Waals surface area contributed by atoms with Crippen molar-refractivity contribution in [2.45, 2.75) is 100 Å². The van der Waals surface area contributed by atoms with Crippen LogP contribution < -0.4 is 6.54 Å². The van der Waals surface area contributed by atoms with Crippen molar-refractivity contribution in [3.63, 3.8) is 0 Å². The third-order valence-electron chi connectivity index (χ3n) is 13.5. The van der Waals surface area contributed by atoms with E-state index in [4.69, 9.17) is 4.21 Å². The standard InChI is InChI=1S/C31H37.C7H9.2C6H4F.CH2.2ClH.Zr/c1-28(2,3)26-16-30(7,8)24-12-18-11-19-13-25-23(15-21(19)20(18)14-22(24)26)27(29(4,5)6)17-31(25,9)10;1-6-3-4-7(2)5-6;2*7-6-4-2-1-3-5-6;;;;/h12-16H,11H2,1-10H3;3,5,7H,1-2H3;2*1-2,4-5H;1H2;2*1H;. The van der Waals surface area contributed by atoms with Gasteiger partial charge in [0, 0.05) is 0 Å². The van der Waals surface area contributed by atoms with Crippen LogP contribution in [0.3, 0.4) is 0 Å². The van der Waals surface area contributed by atoms with Crippen molar-refractivity contribution in [3.05, 3.63) is 148 Å². The first-order valence-corrected chi connectivity index (χ1v) is 26.4. The second kappa shape index (κ2) is 13.3. The Labute approximate surface area is 347 Å². The topological polar surface area (TPSA) is 0 Å². The van der Waals surface area contributed by atoms with E-state index in [-0.39, 0.29) is 58.6 Å². The number of fused-ring (bicyclic) bond motifs is 5. The number of benzene rings is 4. The third-order valence-corrected chi connectivity index (χ3v) is 30.8. The van der Waals surface area contributed by atoms with Crippen molar-refractivity contribution >= 4 is 46.7 Å². The van der Waals surface area contributed by atoms with Gasteiger partial charge in [0.15, 0.2) is 0 Å². The van der Waals surface area contributed by atoms with Crippen LogP contribution in [0.2, 0.25) is 0 Å². The molecule has 4 aliphatic rings. The van der Waals surface area contributed by atoms with Crippen molar-refractivity contribution < 1.29 is 27.1 Å². The van der Waals surface area contributed by atoms with Crippen LogP contribution in [-0.2, 0) is 35.5 Å². The van der Waals surface area contributed by atoms with Crippen LogP contribution in [0, 0.1) is 28.4 Å². The van der Waals surface area contributed by atoms with Gasteiger partial charge in [-0.25, -0.2) is 0 Å². The van der Waals surface area contributed by atoms with Crippen LogP contribution in [0.25, 0.3) is 22.3 Å². The molecule has 0 spiro atoms. The van der Waals surface area contributed by atoms with E-state index < -0.39 is 23.7 Å². The Morgan fingerprint density at radius 3 is 1.68 bits per heavy atom. The predicted molar refractivity (Wildman–Crippen MR) is 239 cm³/mol. The molecule has 5 heteroatoms. The Balaban J connectivity index is 0.00000266. The first kappa shape index (κ1) is 42.6. The van der Waals surface area contributed by atoms with Gasteiger partial charge in [0.25, 0.3) is 0 Å². The van der Waals surface area contributed by atoms with Gasteiger partial charge in [-0.1, -0.05) is 0 Å². The number of rotatable bonds is 4. The third kappa shape index (κ3) is 5.83. The molecule has 1 atom stereocenters. The van der Waals surface area contributed by atoms with E-state index in [9.17, 15) is 0 Å². The van der Waals surface area contributed by atoms with Crippen LogP contribution in [0.1, 0.15) is 116 Å². The summed E-state index contributed by atoms with van der Waals surface area (Å²) in [5.74, 6) is -0.517. The van der Waals surface area contributed by atoms with Crippen molar-refractivity contribution in [3.8, 4) is 11.1 Å². The Bertz CT molecular complexity index is 2490. The van der Waals surface area contributed by atoms with E-state index >= 15 is 8.78 Å². The molecule has 4 aromatic carbocycles. The minimum atomic E-state index is -5.55. The maximum absolute atomic E-state index is 15.8. The Morgan fingerprint density at radius 1 is 0.696 bits per heavy atom. The summed E-state index contributed by atoms with van der Waals surface area (Å²) >= 11 is -5.55. The molecule has 0 bridgehead atoms. The van der Waals surface area contributed by atoms with E-state index in [1.165, 1.54) is 79.9 Å². The van der Waals surface area contributed by atoms with Crippen molar-refractivity contribution in [2.24, 2.45) is 16.7 Å². The zero-order valence-corrected chi connectivity index (χ0v) is 39.3. The molecule has 8 rings (SSSR count). The predicted octanol–water partition coefficient (Wildman–Crippen LogP) is 13.4. The second-order valence-electron chi connectivity index (χ2n) is 20.2. The van der Waals surface area contributed by atoms with Crippen molar-refractivity contribution in [1.82, 2.24) is 0 Å². The summed E-state index contributed by atoms with van der Waals surface area (Å²) < 4.78 is 41.6. The van der Waals surface area contributed by atoms with E-state index in [0.29, 0.717) is 0 Å². The van der Waals surface area contributed by atoms with E-state index in [2.05, 4.69) is 138 Å². The molecule has 294 valence electrons. The van der Waals surface area contributed by atoms with Gasteiger partial charge in [0.2, 0.25) is 0 Å². The average Bonchev–Trinajstić information content (AvgIpc) is 3.76. The molecular formula is C51H58Cl2F2Zr. The number of allylic oxidation sites excluding steroid dienone is 8. The van der Waals surface area contributed by atoms with Gasteiger partial charge in [0.1, 0.15) is 0 Å². The van der Waals surface area contributed by atoms with Gasteiger partial charge in [-0.05, 0) is 0 Å². The summed E-state index contributed by atoms with van der Waals surface area (Å²) in [5.41, 5.74) is 13.8. The zero-order chi connectivity index (χ0) is 39.2. The van der Waals surface area contributed by atoms with Crippen molar-refractivity contribution in [1.29, 1.82) is 0 Å². The molecule has 0 radical (unpaired) electrons. The molecule has 56 heavy (non-hydrogen) atoms. The molecule has 4 aliphatic carbocycles. The summed E-state index contributed by atoms with van der Waals surface area (Å²) in [6.45, 7) is 27.7. The molecule has 0 heterocycles. The van der Waals surface area contributed by atoms with Gasteiger partial charge in [0.05, 0.1) is 0 Å². The summed E-state index contributed by atoms with van der Waals surface area (Å²) in [6.07, 6.45) is 8.01. The summed E-state index contributed by atoms with van der Waals surface area (Å²) in [5, 5.41) is 0. The molecule has 0 aliphatic heterocycles. The van der Waals surface area contributed by atoms with Crippen molar-refractivity contribution in [2.75, 3.05) is 0 Å². The fourth-order valence-corrected chi connectivity index (χ4v) is 30.9. The molecule has 0 N–H and O–H groups in total. The monoisotopic (exact) mass is 868 g/mol. The fraction of sp³-hybridized carbons (Fsp3) is 0.353. The molecule has 4 aromatic rings. The molecular weight excluding hydrogens is 813 g/mol. The summed E-state index contributed by atoms with van der Waals surface area (Å²) in [7, 11) is 0. The van der Waals surface area contributed by atoms with E-state index in [1.807, 2.05) is 12.1 Å². The van der Waals surface area contributed by atoms with Gasteiger partial charge in [-0.2, -0.15) is 0 Å². The first-order chi connectivity index (χ1) is 25.0. The van der Waals surface area contributed by atoms with Crippen LogP contribution in [0.4, 0.5) is 8.78 Å². The Morgan fingerprint density at radius 2 is 1.21 bits per heavy atom. The molecule has 0 aromatic heterocycles. The Hall–Kier alpha value is -2.97. The van der Waals surface area contributed by atoms with Crippen LogP contribution >= 0.6 is 24.8 Å². The molecule has 1 unspecified atom stereocenters. The minimum absolute atomic E-state index is 0. The molecule has 0 saturated carbocycles. The zero-order valence-electron chi connectivity index (χ0n) is 35.2. The van der Waals surface area contributed by atoms with Crippen LogP contribution in [0.15, 0.2) is 103 Å². The summed E-state index contributed by atoms with van der Waals surface area (Å²) in [4.78, 5) is 0. The number of halogens is 4. The van der Waals surface area contributed by atoms with Gasteiger partial charge in [-0.3, -0.25) is 0 Å². The van der Waals surface area contributed by atoms with Gasteiger partial charge < -0.3 is 0 Å². The number of hydrogen-bond acceptors (Lipinski definition) is 0. The first-order valence-electron chi connectivity index (χ1n) is 19.8.